The quantitative estimate of drug-likeness (QED) is 0.871. The topological polar surface area (TPSA) is 29.5 Å². The van der Waals surface area contributed by atoms with E-state index in [-0.39, 0.29) is 6.61 Å². The average Bonchev–Trinajstić information content (AvgIpc) is 2.46. The average molecular weight is 307 g/mol. The second-order valence-corrected chi connectivity index (χ2v) is 4.79. The molecule has 0 unspecified atom stereocenters. The lowest BCUT2D eigenvalue weighted by atomic mass is 10.2. The van der Waals surface area contributed by atoms with Gasteiger partial charge in [0.2, 0.25) is 0 Å². The standard InChI is InChI=1S/C16H12Cl2O2/c17-15-4-1-5-16(18)14(15)11-20-13-8-6-12(7-9-13)3-2-10-19/h1,4-9,19H,10-11H2. The lowest BCUT2D eigenvalue weighted by Gasteiger charge is -2.09. The minimum atomic E-state index is -0.150. The van der Waals surface area contributed by atoms with E-state index in [0.29, 0.717) is 22.4 Å². The van der Waals surface area contributed by atoms with Crippen LogP contribution in [-0.4, -0.2) is 11.7 Å². The largest absolute Gasteiger partial charge is 0.489 e. The molecule has 0 heterocycles. The molecule has 2 aromatic rings. The van der Waals surface area contributed by atoms with Crippen LogP contribution in [0, 0.1) is 11.8 Å². The summed E-state index contributed by atoms with van der Waals surface area (Å²) in [7, 11) is 0. The Morgan fingerprint density at radius 2 is 1.65 bits per heavy atom. The second-order valence-electron chi connectivity index (χ2n) is 3.97. The molecule has 0 aliphatic carbocycles. The lowest BCUT2D eigenvalue weighted by molar-refractivity contribution is 0.306. The maximum Gasteiger partial charge on any atom is 0.119 e. The molecule has 2 nitrogen and oxygen atoms in total. The van der Waals surface area contributed by atoms with E-state index in [4.69, 9.17) is 33.0 Å². The van der Waals surface area contributed by atoms with Gasteiger partial charge in [-0.15, -0.1) is 0 Å². The minimum absolute atomic E-state index is 0.150. The van der Waals surface area contributed by atoms with Gasteiger partial charge in [0.05, 0.1) is 0 Å². The van der Waals surface area contributed by atoms with Crippen LogP contribution in [0.25, 0.3) is 0 Å². The van der Waals surface area contributed by atoms with Gasteiger partial charge in [0.1, 0.15) is 19.0 Å². The van der Waals surface area contributed by atoms with Crippen LogP contribution < -0.4 is 4.74 Å². The number of halogens is 2. The molecule has 0 spiro atoms. The summed E-state index contributed by atoms with van der Waals surface area (Å²) in [6.07, 6.45) is 0. The van der Waals surface area contributed by atoms with Crippen molar-refractivity contribution in [2.24, 2.45) is 0 Å². The molecule has 1 N–H and O–H groups in total. The van der Waals surface area contributed by atoms with Crippen LogP contribution in [-0.2, 0) is 6.61 Å². The van der Waals surface area contributed by atoms with Gasteiger partial charge >= 0.3 is 0 Å². The molecule has 0 atom stereocenters. The molecule has 0 amide bonds. The van der Waals surface area contributed by atoms with Crippen molar-refractivity contribution in [2.45, 2.75) is 6.61 Å². The Balaban J connectivity index is 2.04. The maximum absolute atomic E-state index is 8.62. The van der Waals surface area contributed by atoms with Crippen LogP contribution >= 0.6 is 23.2 Å². The zero-order valence-corrected chi connectivity index (χ0v) is 12.1. The van der Waals surface area contributed by atoms with Gasteiger partial charge in [0.15, 0.2) is 0 Å². The maximum atomic E-state index is 8.62. The third-order valence-electron chi connectivity index (χ3n) is 2.61. The summed E-state index contributed by atoms with van der Waals surface area (Å²) in [6, 6.07) is 12.6. The highest BCUT2D eigenvalue weighted by molar-refractivity contribution is 6.35. The Morgan fingerprint density at radius 3 is 2.25 bits per heavy atom. The summed E-state index contributed by atoms with van der Waals surface area (Å²) in [5.41, 5.74) is 1.59. The van der Waals surface area contributed by atoms with Gasteiger partial charge in [-0.2, -0.15) is 0 Å². The van der Waals surface area contributed by atoms with Crippen molar-refractivity contribution in [2.75, 3.05) is 6.61 Å². The van der Waals surface area contributed by atoms with Gasteiger partial charge in [0.25, 0.3) is 0 Å². The van der Waals surface area contributed by atoms with Crippen molar-refractivity contribution in [1.82, 2.24) is 0 Å². The van der Waals surface area contributed by atoms with Crippen molar-refractivity contribution in [1.29, 1.82) is 0 Å². The molecule has 2 aromatic carbocycles. The van der Waals surface area contributed by atoms with Crippen LogP contribution in [0.1, 0.15) is 11.1 Å². The van der Waals surface area contributed by atoms with Gasteiger partial charge in [-0.1, -0.05) is 41.1 Å². The molecule has 0 aliphatic heterocycles. The highest BCUT2D eigenvalue weighted by Crippen LogP contribution is 2.25. The van der Waals surface area contributed by atoms with Gasteiger partial charge in [-0.05, 0) is 36.4 Å². The molecule has 0 radical (unpaired) electrons. The summed E-state index contributed by atoms with van der Waals surface area (Å²) in [5, 5.41) is 9.79. The molecular weight excluding hydrogens is 295 g/mol. The molecule has 0 fully saturated rings. The normalized spacial score (nSPS) is 9.75. The van der Waals surface area contributed by atoms with Crippen LogP contribution in [0.3, 0.4) is 0 Å². The Labute approximate surface area is 127 Å². The summed E-state index contributed by atoms with van der Waals surface area (Å²) >= 11 is 12.1. The van der Waals surface area contributed by atoms with E-state index in [1.54, 1.807) is 18.2 Å². The van der Waals surface area contributed by atoms with Crippen LogP contribution in [0.15, 0.2) is 42.5 Å². The number of aliphatic hydroxyl groups excluding tert-OH is 1. The zero-order valence-electron chi connectivity index (χ0n) is 10.6. The first-order valence-electron chi connectivity index (χ1n) is 5.96. The predicted octanol–water partition coefficient (Wildman–Crippen LogP) is 3.92. The van der Waals surface area contributed by atoms with E-state index >= 15 is 0 Å². The van der Waals surface area contributed by atoms with Crippen LogP contribution in [0.2, 0.25) is 10.0 Å². The first kappa shape index (κ1) is 14.7. The van der Waals surface area contributed by atoms with Gasteiger partial charge in [-0.3, -0.25) is 0 Å². The smallest absolute Gasteiger partial charge is 0.119 e. The summed E-state index contributed by atoms with van der Waals surface area (Å²) in [4.78, 5) is 0. The Bertz CT molecular complexity index is 620. The molecule has 0 aliphatic rings. The Hall–Kier alpha value is -1.66. The molecular formula is C16H12Cl2O2. The molecule has 0 bridgehead atoms. The fraction of sp³-hybridized carbons (Fsp3) is 0.125. The number of aliphatic hydroxyl groups is 1. The van der Waals surface area contributed by atoms with E-state index in [1.807, 2.05) is 24.3 Å². The van der Waals surface area contributed by atoms with Crippen LogP contribution in [0.4, 0.5) is 0 Å². The Morgan fingerprint density at radius 1 is 1.00 bits per heavy atom. The van der Waals surface area contributed by atoms with E-state index < -0.39 is 0 Å². The second kappa shape index (κ2) is 7.21. The number of hydrogen-bond donors (Lipinski definition) is 1. The fourth-order valence-corrected chi connectivity index (χ4v) is 2.11. The first-order valence-corrected chi connectivity index (χ1v) is 6.72. The number of ether oxygens (including phenoxy) is 1. The molecule has 0 aromatic heterocycles. The third-order valence-corrected chi connectivity index (χ3v) is 3.32. The number of rotatable bonds is 3. The van der Waals surface area contributed by atoms with E-state index in [0.717, 1.165) is 11.1 Å². The van der Waals surface area contributed by atoms with E-state index in [1.165, 1.54) is 0 Å². The van der Waals surface area contributed by atoms with Gasteiger partial charge < -0.3 is 9.84 Å². The summed E-state index contributed by atoms with van der Waals surface area (Å²) < 4.78 is 5.65. The van der Waals surface area contributed by atoms with E-state index in [2.05, 4.69) is 11.8 Å². The van der Waals surface area contributed by atoms with Crippen molar-refractivity contribution < 1.29 is 9.84 Å². The number of benzene rings is 2. The highest BCUT2D eigenvalue weighted by atomic mass is 35.5. The summed E-state index contributed by atoms with van der Waals surface area (Å²) in [5.74, 6) is 6.11. The van der Waals surface area contributed by atoms with Gasteiger partial charge in [0, 0.05) is 21.2 Å². The molecule has 20 heavy (non-hydrogen) atoms. The van der Waals surface area contributed by atoms with E-state index in [9.17, 15) is 0 Å². The monoisotopic (exact) mass is 306 g/mol. The van der Waals surface area contributed by atoms with Crippen molar-refractivity contribution in [3.8, 4) is 17.6 Å². The van der Waals surface area contributed by atoms with Gasteiger partial charge in [-0.25, -0.2) is 0 Å². The third kappa shape index (κ3) is 3.91. The molecule has 2 rings (SSSR count). The molecule has 0 saturated heterocycles. The van der Waals surface area contributed by atoms with Crippen LogP contribution in [0.5, 0.6) is 5.75 Å². The minimum Gasteiger partial charge on any atom is -0.489 e. The summed E-state index contributed by atoms with van der Waals surface area (Å²) in [6.45, 7) is 0.156. The SMILES string of the molecule is OCC#Cc1ccc(OCc2c(Cl)cccc2Cl)cc1. The zero-order chi connectivity index (χ0) is 14.4. The molecule has 102 valence electrons. The van der Waals surface area contributed by atoms with Crippen molar-refractivity contribution >= 4 is 23.2 Å². The molecule has 0 saturated carbocycles. The first-order chi connectivity index (χ1) is 9.70. The predicted molar refractivity (Wildman–Crippen MR) is 81.2 cm³/mol. The molecule has 4 heteroatoms. The Kier molecular flexibility index (Phi) is 5.31. The lowest BCUT2D eigenvalue weighted by Crippen LogP contribution is -1.97. The fourth-order valence-electron chi connectivity index (χ4n) is 1.60. The highest BCUT2D eigenvalue weighted by Gasteiger charge is 2.06. The van der Waals surface area contributed by atoms with Crippen molar-refractivity contribution in [3.63, 3.8) is 0 Å². The van der Waals surface area contributed by atoms with Crippen molar-refractivity contribution in [3.05, 3.63) is 63.6 Å². The number of hydrogen-bond acceptors (Lipinski definition) is 2.